The van der Waals surface area contributed by atoms with E-state index in [1.807, 2.05) is 12.3 Å². The number of likely N-dealkylation sites (N-methyl/N-ethyl adjacent to an activating group) is 1. The molecule has 1 fully saturated rings. The van der Waals surface area contributed by atoms with Gasteiger partial charge >= 0.3 is 0 Å². The minimum Gasteiger partial charge on any atom is -0.339 e. The van der Waals surface area contributed by atoms with Gasteiger partial charge in [-0.3, -0.25) is 4.98 Å². The van der Waals surface area contributed by atoms with Crippen molar-refractivity contribution in [2.45, 2.75) is 45.6 Å². The Labute approximate surface area is 125 Å². The molecule has 0 amide bonds. The summed E-state index contributed by atoms with van der Waals surface area (Å²) >= 11 is 0. The fourth-order valence-corrected chi connectivity index (χ4v) is 2.73. The molecule has 0 aliphatic heterocycles. The molecule has 1 N–H and O–H groups in total. The molecule has 5 heteroatoms. The highest BCUT2D eigenvalue weighted by atomic mass is 16.5. The summed E-state index contributed by atoms with van der Waals surface area (Å²) in [6.07, 6.45) is 7.99. The lowest BCUT2D eigenvalue weighted by molar-refractivity contribution is 0.348. The first kappa shape index (κ1) is 14.2. The summed E-state index contributed by atoms with van der Waals surface area (Å²) < 4.78 is 5.45. The second-order valence-electron chi connectivity index (χ2n) is 5.60. The first-order valence-corrected chi connectivity index (χ1v) is 7.81. The summed E-state index contributed by atoms with van der Waals surface area (Å²) in [6.45, 7) is 5.22. The summed E-state index contributed by atoms with van der Waals surface area (Å²) in [5, 5.41) is 7.67. The monoisotopic (exact) mass is 286 g/mol. The van der Waals surface area contributed by atoms with Crippen molar-refractivity contribution in [2.75, 3.05) is 6.54 Å². The van der Waals surface area contributed by atoms with Crippen LogP contribution in [0.4, 0.5) is 0 Å². The van der Waals surface area contributed by atoms with E-state index in [4.69, 9.17) is 4.52 Å². The molecule has 0 spiro atoms. The number of rotatable bonds is 7. The summed E-state index contributed by atoms with van der Waals surface area (Å²) in [5.74, 6) is 2.17. The molecule has 1 aliphatic rings. The summed E-state index contributed by atoms with van der Waals surface area (Å²) in [7, 11) is 0. The van der Waals surface area contributed by atoms with E-state index in [0.717, 1.165) is 42.3 Å². The molecule has 0 saturated heterocycles. The van der Waals surface area contributed by atoms with E-state index in [1.165, 1.54) is 12.8 Å². The summed E-state index contributed by atoms with van der Waals surface area (Å²) in [4.78, 5) is 8.73. The molecule has 3 rings (SSSR count). The smallest absolute Gasteiger partial charge is 0.228 e. The van der Waals surface area contributed by atoms with Crippen molar-refractivity contribution in [1.82, 2.24) is 20.4 Å². The Balaban J connectivity index is 1.76. The van der Waals surface area contributed by atoms with Gasteiger partial charge in [0.2, 0.25) is 11.7 Å². The van der Waals surface area contributed by atoms with Crippen LogP contribution in [-0.4, -0.2) is 27.7 Å². The zero-order valence-electron chi connectivity index (χ0n) is 12.7. The third-order valence-corrected chi connectivity index (χ3v) is 4.05. The van der Waals surface area contributed by atoms with Gasteiger partial charge in [-0.1, -0.05) is 19.0 Å². The Morgan fingerprint density at radius 2 is 2.24 bits per heavy atom. The topological polar surface area (TPSA) is 63.8 Å². The van der Waals surface area contributed by atoms with Crippen LogP contribution in [0.25, 0.3) is 11.4 Å². The normalized spacial score (nSPS) is 16.1. The Morgan fingerprint density at radius 1 is 1.38 bits per heavy atom. The third kappa shape index (κ3) is 3.29. The third-order valence-electron chi connectivity index (χ3n) is 4.05. The summed E-state index contributed by atoms with van der Waals surface area (Å²) in [6, 6.07) is 2.42. The standard InChI is InChI=1S/C16H22N4O/c1-3-11-10-17-8-7-13(11)16-19-15(21-20-16)9-14(18-4-2)12-5-6-12/h7-8,10,12,14,18H,3-6,9H2,1-2H3. The van der Waals surface area contributed by atoms with Crippen LogP contribution in [0.5, 0.6) is 0 Å². The van der Waals surface area contributed by atoms with Gasteiger partial charge in [0.15, 0.2) is 0 Å². The first-order valence-electron chi connectivity index (χ1n) is 7.81. The number of hydrogen-bond acceptors (Lipinski definition) is 5. The quantitative estimate of drug-likeness (QED) is 0.847. The molecule has 2 heterocycles. The van der Waals surface area contributed by atoms with Crippen molar-refractivity contribution < 1.29 is 4.52 Å². The SMILES string of the molecule is CCNC(Cc1nc(-c2ccncc2CC)no1)C1CC1. The van der Waals surface area contributed by atoms with E-state index in [2.05, 4.69) is 34.3 Å². The lowest BCUT2D eigenvalue weighted by atomic mass is 10.1. The number of nitrogens with one attached hydrogen (secondary N) is 1. The van der Waals surface area contributed by atoms with E-state index in [0.29, 0.717) is 11.9 Å². The van der Waals surface area contributed by atoms with Gasteiger partial charge in [0.25, 0.3) is 0 Å². The molecule has 0 aromatic carbocycles. The maximum absolute atomic E-state index is 5.45. The van der Waals surface area contributed by atoms with Gasteiger partial charge in [-0.15, -0.1) is 0 Å². The number of pyridine rings is 1. The Bertz CT molecular complexity index is 591. The highest BCUT2D eigenvalue weighted by molar-refractivity contribution is 5.58. The molecule has 1 aliphatic carbocycles. The van der Waals surface area contributed by atoms with Gasteiger partial charge in [-0.2, -0.15) is 4.98 Å². The molecule has 2 aromatic rings. The molecule has 2 aromatic heterocycles. The van der Waals surface area contributed by atoms with Crippen molar-refractivity contribution in [3.63, 3.8) is 0 Å². The maximum atomic E-state index is 5.45. The molecule has 1 atom stereocenters. The Kier molecular flexibility index (Phi) is 4.29. The Hall–Kier alpha value is -1.75. The van der Waals surface area contributed by atoms with Crippen LogP contribution in [0, 0.1) is 5.92 Å². The highest BCUT2D eigenvalue weighted by Crippen LogP contribution is 2.34. The average molecular weight is 286 g/mol. The van der Waals surface area contributed by atoms with Crippen LogP contribution in [0.15, 0.2) is 23.0 Å². The summed E-state index contributed by atoms with van der Waals surface area (Å²) in [5.41, 5.74) is 2.17. The van der Waals surface area contributed by atoms with Crippen molar-refractivity contribution in [2.24, 2.45) is 5.92 Å². The Morgan fingerprint density at radius 3 is 2.95 bits per heavy atom. The van der Waals surface area contributed by atoms with Gasteiger partial charge in [0, 0.05) is 30.4 Å². The molecule has 112 valence electrons. The van der Waals surface area contributed by atoms with Crippen LogP contribution >= 0.6 is 0 Å². The number of nitrogens with zero attached hydrogens (tertiary/aromatic N) is 3. The van der Waals surface area contributed by atoms with Crippen LogP contribution < -0.4 is 5.32 Å². The van der Waals surface area contributed by atoms with Gasteiger partial charge in [0.05, 0.1) is 0 Å². The fourth-order valence-electron chi connectivity index (χ4n) is 2.73. The van der Waals surface area contributed by atoms with Gasteiger partial charge in [-0.25, -0.2) is 0 Å². The maximum Gasteiger partial charge on any atom is 0.228 e. The second-order valence-corrected chi connectivity index (χ2v) is 5.60. The van der Waals surface area contributed by atoms with E-state index < -0.39 is 0 Å². The van der Waals surface area contributed by atoms with Crippen LogP contribution in [-0.2, 0) is 12.8 Å². The van der Waals surface area contributed by atoms with Gasteiger partial charge in [0.1, 0.15) is 0 Å². The minimum absolute atomic E-state index is 0.464. The highest BCUT2D eigenvalue weighted by Gasteiger charge is 2.32. The predicted octanol–water partition coefficient (Wildman–Crippen LogP) is 2.62. The second kappa shape index (κ2) is 6.35. The van der Waals surface area contributed by atoms with Crippen LogP contribution in [0.1, 0.15) is 38.1 Å². The van der Waals surface area contributed by atoms with E-state index >= 15 is 0 Å². The first-order chi connectivity index (χ1) is 10.3. The number of aryl methyl sites for hydroxylation is 1. The molecule has 1 saturated carbocycles. The van der Waals surface area contributed by atoms with Gasteiger partial charge < -0.3 is 9.84 Å². The fraction of sp³-hybridized carbons (Fsp3) is 0.562. The molecule has 5 nitrogen and oxygen atoms in total. The zero-order valence-corrected chi connectivity index (χ0v) is 12.7. The van der Waals surface area contributed by atoms with Gasteiger partial charge in [-0.05, 0) is 43.4 Å². The van der Waals surface area contributed by atoms with Crippen molar-refractivity contribution in [1.29, 1.82) is 0 Å². The molecule has 1 unspecified atom stereocenters. The van der Waals surface area contributed by atoms with Crippen LogP contribution in [0.2, 0.25) is 0 Å². The minimum atomic E-state index is 0.464. The van der Waals surface area contributed by atoms with E-state index in [1.54, 1.807) is 6.20 Å². The largest absolute Gasteiger partial charge is 0.339 e. The molecular formula is C16H22N4O. The van der Waals surface area contributed by atoms with E-state index in [9.17, 15) is 0 Å². The molecule has 0 radical (unpaired) electrons. The molecular weight excluding hydrogens is 264 g/mol. The van der Waals surface area contributed by atoms with Crippen molar-refractivity contribution in [3.8, 4) is 11.4 Å². The van der Waals surface area contributed by atoms with Crippen molar-refractivity contribution >= 4 is 0 Å². The van der Waals surface area contributed by atoms with Crippen molar-refractivity contribution in [3.05, 3.63) is 29.9 Å². The molecule has 21 heavy (non-hydrogen) atoms. The predicted molar refractivity (Wildman–Crippen MR) is 80.8 cm³/mol. The van der Waals surface area contributed by atoms with Crippen LogP contribution in [0.3, 0.4) is 0 Å². The molecule has 0 bridgehead atoms. The zero-order chi connectivity index (χ0) is 14.7. The lowest BCUT2D eigenvalue weighted by Crippen LogP contribution is -2.33. The van der Waals surface area contributed by atoms with E-state index in [-0.39, 0.29) is 0 Å². The lowest BCUT2D eigenvalue weighted by Gasteiger charge is -2.14. The number of hydrogen-bond donors (Lipinski definition) is 1. The average Bonchev–Trinajstić information content (AvgIpc) is 3.26. The number of aromatic nitrogens is 3.